The monoisotopic (exact) mass is 503 g/mol. The highest BCUT2D eigenvalue weighted by Gasteiger charge is 2.54. The number of likely N-dealkylation sites (tertiary alicyclic amines) is 2. The van der Waals surface area contributed by atoms with Crippen molar-refractivity contribution in [3.05, 3.63) is 59.7 Å². The quantitative estimate of drug-likeness (QED) is 0.685. The first-order chi connectivity index (χ1) is 17.9. The summed E-state index contributed by atoms with van der Waals surface area (Å²) in [7, 11) is 0. The molecule has 0 radical (unpaired) electrons. The van der Waals surface area contributed by atoms with Gasteiger partial charge in [0.15, 0.2) is 0 Å². The fourth-order valence-electron chi connectivity index (χ4n) is 5.83. The summed E-state index contributed by atoms with van der Waals surface area (Å²) >= 11 is 0. The molecule has 3 heterocycles. The van der Waals surface area contributed by atoms with Crippen LogP contribution < -0.4 is 10.2 Å². The van der Waals surface area contributed by atoms with Crippen molar-refractivity contribution in [2.75, 3.05) is 49.6 Å². The molecular weight excluding hydrogens is 466 g/mol. The van der Waals surface area contributed by atoms with Gasteiger partial charge in [-0.2, -0.15) is 0 Å². The fourth-order valence-corrected chi connectivity index (χ4v) is 5.83. The van der Waals surface area contributed by atoms with Crippen LogP contribution in [0.5, 0.6) is 0 Å². The minimum atomic E-state index is -0.749. The van der Waals surface area contributed by atoms with Gasteiger partial charge in [0.2, 0.25) is 5.91 Å². The molecule has 0 unspecified atom stereocenters. The number of amides is 4. The SMILES string of the molecule is Cc1ccc(NC(=O)N2CCC3(CC2)C(=O)N(CC(=O)N2CCCCC2)CN3c2ccccc2)cc1C. The third-order valence-electron chi connectivity index (χ3n) is 8.25. The third kappa shape index (κ3) is 5.02. The number of rotatable bonds is 4. The van der Waals surface area contributed by atoms with Crippen LogP contribution in [0.25, 0.3) is 0 Å². The molecule has 5 rings (SSSR count). The lowest BCUT2D eigenvalue weighted by Crippen LogP contribution is -2.58. The molecule has 0 aromatic heterocycles. The van der Waals surface area contributed by atoms with Crippen molar-refractivity contribution < 1.29 is 14.4 Å². The zero-order valence-corrected chi connectivity index (χ0v) is 21.9. The Kier molecular flexibility index (Phi) is 7.09. The molecular formula is C29H37N5O3. The van der Waals surface area contributed by atoms with Gasteiger partial charge in [-0.3, -0.25) is 9.59 Å². The van der Waals surface area contributed by atoms with Gasteiger partial charge in [0.25, 0.3) is 5.91 Å². The van der Waals surface area contributed by atoms with E-state index in [1.54, 1.807) is 9.80 Å². The summed E-state index contributed by atoms with van der Waals surface area (Å²) in [4.78, 5) is 47.5. The van der Waals surface area contributed by atoms with Crippen LogP contribution in [-0.4, -0.2) is 77.5 Å². The topological polar surface area (TPSA) is 76.2 Å². The third-order valence-corrected chi connectivity index (χ3v) is 8.25. The van der Waals surface area contributed by atoms with Gasteiger partial charge < -0.3 is 24.9 Å². The Balaban J connectivity index is 1.30. The van der Waals surface area contributed by atoms with E-state index < -0.39 is 5.54 Å². The van der Waals surface area contributed by atoms with Gasteiger partial charge in [0.1, 0.15) is 12.1 Å². The number of hydrogen-bond acceptors (Lipinski definition) is 4. The molecule has 196 valence electrons. The normalized spacial score (nSPS) is 19.5. The first-order valence-electron chi connectivity index (χ1n) is 13.4. The van der Waals surface area contributed by atoms with Crippen molar-refractivity contribution in [3.63, 3.8) is 0 Å². The predicted octanol–water partition coefficient (Wildman–Crippen LogP) is 3.99. The van der Waals surface area contributed by atoms with E-state index in [1.165, 1.54) is 5.56 Å². The van der Waals surface area contributed by atoms with Crippen LogP contribution in [0.15, 0.2) is 48.5 Å². The van der Waals surface area contributed by atoms with Gasteiger partial charge in [0.05, 0.1) is 6.67 Å². The summed E-state index contributed by atoms with van der Waals surface area (Å²) in [5.41, 5.74) is 3.31. The number of piperidine rings is 2. The molecule has 4 amide bonds. The van der Waals surface area contributed by atoms with E-state index in [1.807, 2.05) is 67.3 Å². The second-order valence-corrected chi connectivity index (χ2v) is 10.6. The number of nitrogens with one attached hydrogen (secondary N) is 1. The molecule has 2 aromatic rings. The van der Waals surface area contributed by atoms with Crippen molar-refractivity contribution in [2.24, 2.45) is 0 Å². The van der Waals surface area contributed by atoms with Gasteiger partial charge in [-0.15, -0.1) is 0 Å². The number of benzene rings is 2. The minimum absolute atomic E-state index is 0.00377. The van der Waals surface area contributed by atoms with E-state index in [4.69, 9.17) is 0 Å². The molecule has 3 aliphatic rings. The Morgan fingerprint density at radius 1 is 0.865 bits per heavy atom. The number of para-hydroxylation sites is 1. The van der Waals surface area contributed by atoms with E-state index in [-0.39, 0.29) is 24.4 Å². The number of hydrogen-bond donors (Lipinski definition) is 1. The first kappa shape index (κ1) is 25.1. The Morgan fingerprint density at radius 2 is 1.57 bits per heavy atom. The molecule has 2 aromatic carbocycles. The maximum absolute atomic E-state index is 13.9. The largest absolute Gasteiger partial charge is 0.341 e. The van der Waals surface area contributed by atoms with Crippen LogP contribution in [0, 0.1) is 13.8 Å². The van der Waals surface area contributed by atoms with Gasteiger partial charge in [-0.1, -0.05) is 24.3 Å². The Morgan fingerprint density at radius 3 is 2.24 bits per heavy atom. The minimum Gasteiger partial charge on any atom is -0.341 e. The molecule has 1 spiro atoms. The Bertz CT molecular complexity index is 1150. The van der Waals surface area contributed by atoms with E-state index in [0.717, 1.165) is 49.3 Å². The molecule has 3 fully saturated rings. The average Bonchev–Trinajstić information content (AvgIpc) is 3.18. The second-order valence-electron chi connectivity index (χ2n) is 10.6. The maximum Gasteiger partial charge on any atom is 0.321 e. The number of aryl methyl sites for hydroxylation is 2. The molecule has 3 aliphatic heterocycles. The molecule has 3 saturated heterocycles. The second kappa shape index (κ2) is 10.4. The molecule has 0 atom stereocenters. The molecule has 8 nitrogen and oxygen atoms in total. The smallest absolute Gasteiger partial charge is 0.321 e. The molecule has 0 saturated carbocycles. The van der Waals surface area contributed by atoms with Crippen molar-refractivity contribution in [1.82, 2.24) is 14.7 Å². The summed E-state index contributed by atoms with van der Waals surface area (Å²) in [6.45, 7) is 7.07. The first-order valence-corrected chi connectivity index (χ1v) is 13.4. The van der Waals surface area contributed by atoms with Crippen molar-refractivity contribution in [1.29, 1.82) is 0 Å². The molecule has 1 N–H and O–H groups in total. The van der Waals surface area contributed by atoms with E-state index >= 15 is 0 Å². The lowest BCUT2D eigenvalue weighted by molar-refractivity contribution is -0.141. The van der Waals surface area contributed by atoms with Crippen LogP contribution in [-0.2, 0) is 9.59 Å². The maximum atomic E-state index is 13.9. The molecule has 0 bridgehead atoms. The summed E-state index contributed by atoms with van der Waals surface area (Å²) < 4.78 is 0. The van der Waals surface area contributed by atoms with Crippen LogP contribution in [0.4, 0.5) is 16.2 Å². The highest BCUT2D eigenvalue weighted by molar-refractivity contribution is 5.97. The number of nitrogens with zero attached hydrogens (tertiary/aromatic N) is 4. The number of urea groups is 1. The average molecular weight is 504 g/mol. The van der Waals surface area contributed by atoms with Crippen LogP contribution in [0.2, 0.25) is 0 Å². The van der Waals surface area contributed by atoms with Crippen LogP contribution in [0.3, 0.4) is 0 Å². The zero-order chi connectivity index (χ0) is 26.0. The Labute approximate surface area is 219 Å². The highest BCUT2D eigenvalue weighted by atomic mass is 16.2. The van der Waals surface area contributed by atoms with E-state index in [9.17, 15) is 14.4 Å². The molecule has 0 aliphatic carbocycles. The van der Waals surface area contributed by atoms with Crippen LogP contribution in [0.1, 0.15) is 43.2 Å². The molecule has 37 heavy (non-hydrogen) atoms. The van der Waals surface area contributed by atoms with Crippen molar-refractivity contribution >= 4 is 29.2 Å². The number of carbonyl (C=O) groups excluding carboxylic acids is 3. The van der Waals surface area contributed by atoms with E-state index in [2.05, 4.69) is 10.2 Å². The summed E-state index contributed by atoms with van der Waals surface area (Å²) in [5.74, 6) is 0.0271. The molecule has 8 heteroatoms. The Hall–Kier alpha value is -3.55. The summed E-state index contributed by atoms with van der Waals surface area (Å²) in [6, 6.07) is 15.7. The lowest BCUT2D eigenvalue weighted by atomic mass is 9.85. The van der Waals surface area contributed by atoms with E-state index in [0.29, 0.717) is 32.6 Å². The standard InChI is InChI=1S/C29H37N5O3/c1-22-11-12-24(19-23(22)2)30-28(37)32-17-13-29(14-18-32)27(36)33(20-26(35)31-15-7-4-8-16-31)21-34(29)25-9-5-3-6-10-25/h3,5-6,9-12,19H,4,7-8,13-18,20-21H2,1-2H3,(H,30,37). The number of anilines is 2. The lowest BCUT2D eigenvalue weighted by Gasteiger charge is -2.43. The van der Waals surface area contributed by atoms with Crippen molar-refractivity contribution in [3.8, 4) is 0 Å². The summed E-state index contributed by atoms with van der Waals surface area (Å²) in [6.07, 6.45) is 4.26. The zero-order valence-electron chi connectivity index (χ0n) is 21.9. The van der Waals surface area contributed by atoms with Crippen LogP contribution >= 0.6 is 0 Å². The van der Waals surface area contributed by atoms with Crippen molar-refractivity contribution in [2.45, 2.75) is 51.5 Å². The van der Waals surface area contributed by atoms with Gasteiger partial charge in [-0.05, 0) is 81.3 Å². The van der Waals surface area contributed by atoms with Gasteiger partial charge in [-0.25, -0.2) is 4.79 Å². The highest BCUT2D eigenvalue weighted by Crippen LogP contribution is 2.39. The van der Waals surface area contributed by atoms with Gasteiger partial charge in [0, 0.05) is 37.6 Å². The number of carbonyl (C=O) groups is 3. The predicted molar refractivity (Wildman–Crippen MR) is 144 cm³/mol. The summed E-state index contributed by atoms with van der Waals surface area (Å²) in [5, 5.41) is 3.01. The van der Waals surface area contributed by atoms with Gasteiger partial charge >= 0.3 is 6.03 Å². The fraction of sp³-hybridized carbons (Fsp3) is 0.483.